The number of carbonyl (C=O) groups excluding carboxylic acids is 1. The summed E-state index contributed by atoms with van der Waals surface area (Å²) >= 11 is 0. The number of fused-ring (bicyclic) bond motifs is 1. The van der Waals surface area contributed by atoms with Gasteiger partial charge in [-0.25, -0.2) is 13.9 Å². The quantitative estimate of drug-likeness (QED) is 0.735. The van der Waals surface area contributed by atoms with Gasteiger partial charge in [-0.15, -0.1) is 5.10 Å². The Labute approximate surface area is 169 Å². The van der Waals surface area contributed by atoms with E-state index in [0.717, 1.165) is 47.6 Å². The largest absolute Gasteiger partial charge is 0.356 e. The first-order valence-electron chi connectivity index (χ1n) is 10.1. The van der Waals surface area contributed by atoms with Crippen LogP contribution in [0.25, 0.3) is 5.78 Å². The molecule has 3 heterocycles. The molecular weight excluding hydrogens is 368 g/mol. The van der Waals surface area contributed by atoms with E-state index < -0.39 is 0 Å². The highest BCUT2D eigenvalue weighted by atomic mass is 16.2. The first-order valence-corrected chi connectivity index (χ1v) is 10.1. The van der Waals surface area contributed by atoms with E-state index >= 15 is 0 Å². The maximum absolute atomic E-state index is 12.6. The maximum atomic E-state index is 12.6. The molecule has 0 unspecified atom stereocenters. The van der Waals surface area contributed by atoms with Crippen LogP contribution in [0.3, 0.4) is 0 Å². The molecule has 0 spiro atoms. The Morgan fingerprint density at radius 1 is 1.07 bits per heavy atom. The number of nitrogens with zero attached hydrogens (tertiary/aromatic N) is 5. The average Bonchev–Trinajstić information content (AvgIpc) is 2.88. The molecule has 29 heavy (non-hydrogen) atoms. The topological polar surface area (TPSA) is 84.5 Å². The molecule has 4 rings (SSSR count). The molecular formula is C21H26N6O2. The third kappa shape index (κ3) is 4.16. The van der Waals surface area contributed by atoms with E-state index in [2.05, 4.69) is 20.3 Å². The first kappa shape index (κ1) is 19.2. The minimum absolute atomic E-state index is 0.159. The molecule has 1 amide bonds. The predicted molar refractivity (Wildman–Crippen MR) is 112 cm³/mol. The van der Waals surface area contributed by atoms with Gasteiger partial charge >= 0.3 is 5.69 Å². The summed E-state index contributed by atoms with van der Waals surface area (Å²) in [6.07, 6.45) is 6.46. The molecule has 1 aliphatic heterocycles. The van der Waals surface area contributed by atoms with Gasteiger partial charge in [0.2, 0.25) is 5.91 Å². The van der Waals surface area contributed by atoms with E-state index in [0.29, 0.717) is 11.5 Å². The van der Waals surface area contributed by atoms with Gasteiger partial charge in [0.1, 0.15) is 12.4 Å². The van der Waals surface area contributed by atoms with Gasteiger partial charge in [0.05, 0.1) is 0 Å². The Bertz CT molecular complexity index is 1090. The SMILES string of the molecule is Cc1ccc(NC(=O)Cn2nc3nc(N4CCCCCC4)ccn3c2=O)cc1C. The lowest BCUT2D eigenvalue weighted by Crippen LogP contribution is -2.28. The summed E-state index contributed by atoms with van der Waals surface area (Å²) in [5.41, 5.74) is 2.59. The van der Waals surface area contributed by atoms with Gasteiger partial charge in [0.15, 0.2) is 0 Å². The van der Waals surface area contributed by atoms with Crippen molar-refractivity contribution in [3.63, 3.8) is 0 Å². The summed E-state index contributed by atoms with van der Waals surface area (Å²) in [5, 5.41) is 7.10. The molecule has 1 saturated heterocycles. The minimum Gasteiger partial charge on any atom is -0.356 e. The fourth-order valence-corrected chi connectivity index (χ4v) is 3.63. The van der Waals surface area contributed by atoms with Crippen molar-refractivity contribution in [2.24, 2.45) is 0 Å². The van der Waals surface area contributed by atoms with Crippen molar-refractivity contribution in [3.05, 3.63) is 52.1 Å². The summed E-state index contributed by atoms with van der Waals surface area (Å²) in [6, 6.07) is 7.56. The molecule has 1 fully saturated rings. The van der Waals surface area contributed by atoms with E-state index in [-0.39, 0.29) is 18.1 Å². The van der Waals surface area contributed by atoms with Crippen LogP contribution in [0, 0.1) is 13.8 Å². The van der Waals surface area contributed by atoms with Crippen LogP contribution in [0.1, 0.15) is 36.8 Å². The van der Waals surface area contributed by atoms with Gasteiger partial charge in [0.25, 0.3) is 5.78 Å². The fraction of sp³-hybridized carbons (Fsp3) is 0.429. The number of hydrogen-bond acceptors (Lipinski definition) is 5. The van der Waals surface area contributed by atoms with Crippen molar-refractivity contribution in [3.8, 4) is 0 Å². The second-order valence-corrected chi connectivity index (χ2v) is 7.64. The summed E-state index contributed by atoms with van der Waals surface area (Å²) in [4.78, 5) is 31.8. The Morgan fingerprint density at radius 3 is 2.55 bits per heavy atom. The number of hydrogen-bond donors (Lipinski definition) is 1. The Morgan fingerprint density at radius 2 is 1.83 bits per heavy atom. The average molecular weight is 394 g/mol. The highest BCUT2D eigenvalue weighted by molar-refractivity contribution is 5.90. The number of rotatable bonds is 4. The molecule has 0 atom stereocenters. The van der Waals surface area contributed by atoms with Crippen LogP contribution in [0.4, 0.5) is 11.5 Å². The molecule has 0 radical (unpaired) electrons. The number of anilines is 2. The van der Waals surface area contributed by atoms with Gasteiger partial charge in [0, 0.05) is 25.0 Å². The molecule has 8 heteroatoms. The second kappa shape index (κ2) is 8.06. The Kier molecular flexibility index (Phi) is 5.33. The van der Waals surface area contributed by atoms with E-state index in [9.17, 15) is 9.59 Å². The molecule has 0 aliphatic carbocycles. The standard InChI is InChI=1S/C21H26N6O2/c1-15-7-8-17(13-16(15)2)22-19(28)14-27-21(29)26-12-9-18(23-20(26)24-27)25-10-5-3-4-6-11-25/h7-9,12-13H,3-6,10-11,14H2,1-2H3,(H,22,28). The Hall–Kier alpha value is -3.16. The lowest BCUT2D eigenvalue weighted by molar-refractivity contribution is -0.117. The number of aryl methyl sites for hydroxylation is 2. The number of aromatic nitrogens is 4. The van der Waals surface area contributed by atoms with Crippen molar-refractivity contribution in [1.82, 2.24) is 19.2 Å². The predicted octanol–water partition coefficient (Wildman–Crippen LogP) is 2.53. The van der Waals surface area contributed by atoms with Gasteiger partial charge in [-0.05, 0) is 56.0 Å². The molecule has 152 valence electrons. The van der Waals surface area contributed by atoms with Crippen LogP contribution < -0.4 is 15.9 Å². The lowest BCUT2D eigenvalue weighted by atomic mass is 10.1. The number of amides is 1. The van der Waals surface area contributed by atoms with Crippen LogP contribution in [0.2, 0.25) is 0 Å². The molecule has 3 aromatic rings. The van der Waals surface area contributed by atoms with Crippen molar-refractivity contribution in [1.29, 1.82) is 0 Å². The minimum atomic E-state index is -0.370. The van der Waals surface area contributed by atoms with Gasteiger partial charge < -0.3 is 10.2 Å². The Balaban J connectivity index is 1.52. The third-order valence-electron chi connectivity index (χ3n) is 5.45. The van der Waals surface area contributed by atoms with Crippen LogP contribution in [-0.4, -0.2) is 38.2 Å². The van der Waals surface area contributed by atoms with Crippen molar-refractivity contribution >= 4 is 23.2 Å². The number of nitrogens with one attached hydrogen (secondary N) is 1. The van der Waals surface area contributed by atoms with E-state index in [1.165, 1.54) is 17.2 Å². The normalized spacial score (nSPS) is 14.8. The zero-order valence-corrected chi connectivity index (χ0v) is 16.9. The highest BCUT2D eigenvalue weighted by Crippen LogP contribution is 2.17. The van der Waals surface area contributed by atoms with Crippen LogP contribution in [-0.2, 0) is 11.3 Å². The second-order valence-electron chi connectivity index (χ2n) is 7.64. The maximum Gasteiger partial charge on any atom is 0.352 e. The monoisotopic (exact) mass is 394 g/mol. The molecule has 0 saturated carbocycles. The smallest absolute Gasteiger partial charge is 0.352 e. The fourth-order valence-electron chi connectivity index (χ4n) is 3.63. The van der Waals surface area contributed by atoms with Crippen molar-refractivity contribution < 1.29 is 4.79 Å². The molecule has 1 aromatic carbocycles. The number of benzene rings is 1. The number of carbonyl (C=O) groups is 1. The summed E-state index contributed by atoms with van der Waals surface area (Å²) in [6.45, 7) is 5.78. The van der Waals surface area contributed by atoms with E-state index in [1.807, 2.05) is 38.1 Å². The van der Waals surface area contributed by atoms with Gasteiger partial charge in [-0.1, -0.05) is 18.9 Å². The summed E-state index contributed by atoms with van der Waals surface area (Å²) in [5.74, 6) is 0.846. The molecule has 8 nitrogen and oxygen atoms in total. The van der Waals surface area contributed by atoms with Gasteiger partial charge in [-0.2, -0.15) is 4.98 Å². The summed E-state index contributed by atoms with van der Waals surface area (Å²) in [7, 11) is 0. The van der Waals surface area contributed by atoms with Crippen molar-refractivity contribution in [2.75, 3.05) is 23.3 Å². The third-order valence-corrected chi connectivity index (χ3v) is 5.45. The van der Waals surface area contributed by atoms with Crippen LogP contribution in [0.15, 0.2) is 35.3 Å². The van der Waals surface area contributed by atoms with Crippen LogP contribution in [0.5, 0.6) is 0 Å². The molecule has 1 aliphatic rings. The zero-order valence-electron chi connectivity index (χ0n) is 16.9. The summed E-state index contributed by atoms with van der Waals surface area (Å²) < 4.78 is 2.54. The molecule has 1 N–H and O–H groups in total. The zero-order chi connectivity index (χ0) is 20.4. The highest BCUT2D eigenvalue weighted by Gasteiger charge is 2.16. The molecule has 0 bridgehead atoms. The molecule has 2 aromatic heterocycles. The van der Waals surface area contributed by atoms with Crippen molar-refractivity contribution in [2.45, 2.75) is 46.1 Å². The lowest BCUT2D eigenvalue weighted by Gasteiger charge is -2.20. The van der Waals surface area contributed by atoms with Gasteiger partial charge in [-0.3, -0.25) is 4.79 Å². The first-order chi connectivity index (χ1) is 14.0. The van der Waals surface area contributed by atoms with Crippen LogP contribution >= 0.6 is 0 Å². The van der Waals surface area contributed by atoms with E-state index in [4.69, 9.17) is 0 Å². The van der Waals surface area contributed by atoms with E-state index in [1.54, 1.807) is 6.20 Å².